The van der Waals surface area contributed by atoms with Gasteiger partial charge in [0.25, 0.3) is 5.56 Å². The van der Waals surface area contributed by atoms with E-state index in [0.717, 1.165) is 11.4 Å². The van der Waals surface area contributed by atoms with Crippen LogP contribution in [0.2, 0.25) is 0 Å². The maximum Gasteiger partial charge on any atom is 0.325 e. The Morgan fingerprint density at radius 3 is 2.39 bits per heavy atom. The quantitative estimate of drug-likeness (QED) is 0.382. The Morgan fingerprint density at radius 2 is 1.68 bits per heavy atom. The molecule has 10 heteroatoms. The van der Waals surface area contributed by atoms with Crippen LogP contribution in [0.1, 0.15) is 11.5 Å². The van der Waals surface area contributed by atoms with E-state index in [1.807, 2.05) is 60.7 Å². The fourth-order valence-corrected chi connectivity index (χ4v) is 3.75. The van der Waals surface area contributed by atoms with Gasteiger partial charge in [-0.3, -0.25) is 19.1 Å². The number of hydrogen-bond acceptors (Lipinski definition) is 6. The molecular weight excluding hydrogens is 416 g/mol. The van der Waals surface area contributed by atoms with E-state index in [9.17, 15) is 14.4 Å². The second-order valence-electron chi connectivity index (χ2n) is 6.56. The summed E-state index contributed by atoms with van der Waals surface area (Å²) in [7, 11) is 0. The van der Waals surface area contributed by atoms with Crippen LogP contribution in [0.15, 0.2) is 81.5 Å². The maximum atomic E-state index is 12.3. The summed E-state index contributed by atoms with van der Waals surface area (Å²) in [6.45, 7) is 0. The van der Waals surface area contributed by atoms with Crippen molar-refractivity contribution in [2.24, 2.45) is 0 Å². The molecule has 4 rings (SSSR count). The van der Waals surface area contributed by atoms with Crippen molar-refractivity contribution in [2.45, 2.75) is 11.6 Å². The number of nitrogens with zero attached hydrogens (tertiary/aromatic N) is 3. The first-order valence-electron chi connectivity index (χ1n) is 9.38. The van der Waals surface area contributed by atoms with E-state index in [0.29, 0.717) is 16.7 Å². The highest BCUT2D eigenvalue weighted by atomic mass is 32.2. The average Bonchev–Trinajstić information content (AvgIpc) is 3.15. The third-order valence-corrected chi connectivity index (χ3v) is 5.20. The number of H-pyrrole nitrogens is 2. The molecule has 31 heavy (non-hydrogen) atoms. The van der Waals surface area contributed by atoms with Crippen molar-refractivity contribution in [3.63, 3.8) is 0 Å². The number of para-hydroxylation sites is 2. The van der Waals surface area contributed by atoms with Crippen LogP contribution in [-0.2, 0) is 11.2 Å². The Bertz CT molecular complexity index is 1270. The van der Waals surface area contributed by atoms with Gasteiger partial charge in [-0.25, -0.2) is 4.79 Å². The van der Waals surface area contributed by atoms with Gasteiger partial charge in [-0.05, 0) is 24.3 Å². The number of aromatic nitrogens is 5. The molecule has 9 nitrogen and oxygen atoms in total. The van der Waals surface area contributed by atoms with Crippen molar-refractivity contribution in [2.75, 3.05) is 11.1 Å². The zero-order valence-corrected chi connectivity index (χ0v) is 17.1. The number of anilines is 1. The third kappa shape index (κ3) is 5.17. The number of carbonyl (C=O) groups is 1. The molecule has 2 aromatic heterocycles. The van der Waals surface area contributed by atoms with Gasteiger partial charge in [0.1, 0.15) is 5.82 Å². The van der Waals surface area contributed by atoms with Gasteiger partial charge >= 0.3 is 5.69 Å². The molecule has 0 atom stereocenters. The number of thioether (sulfide) groups is 1. The van der Waals surface area contributed by atoms with E-state index >= 15 is 0 Å². The van der Waals surface area contributed by atoms with Crippen LogP contribution in [0.25, 0.3) is 5.69 Å². The van der Waals surface area contributed by atoms with Gasteiger partial charge in [-0.2, -0.15) is 0 Å². The molecule has 2 heterocycles. The zero-order chi connectivity index (χ0) is 21.6. The molecular formula is C21H18N6O3S. The molecule has 1 amide bonds. The molecule has 2 aromatic carbocycles. The van der Waals surface area contributed by atoms with E-state index in [4.69, 9.17) is 0 Å². The lowest BCUT2D eigenvalue weighted by atomic mass is 10.2. The number of aromatic amines is 2. The van der Waals surface area contributed by atoms with E-state index in [1.165, 1.54) is 17.8 Å². The Labute approximate surface area is 180 Å². The number of nitrogens with one attached hydrogen (secondary N) is 3. The SMILES string of the molecule is O=C(CSc1nnc(Cc2cc(=O)[nH]c(=O)[nH]2)n1-c1ccccc1)Nc1ccccc1. The summed E-state index contributed by atoms with van der Waals surface area (Å²) in [5, 5.41) is 11.8. The topological polar surface area (TPSA) is 126 Å². The average molecular weight is 434 g/mol. The molecule has 4 aromatic rings. The molecule has 0 saturated carbocycles. The van der Waals surface area contributed by atoms with Crippen molar-refractivity contribution in [3.05, 3.63) is 99.1 Å². The maximum absolute atomic E-state index is 12.3. The molecule has 0 bridgehead atoms. The molecule has 0 aliphatic heterocycles. The van der Waals surface area contributed by atoms with Gasteiger partial charge in [0, 0.05) is 29.6 Å². The monoisotopic (exact) mass is 434 g/mol. The van der Waals surface area contributed by atoms with E-state index in [2.05, 4.69) is 25.5 Å². The number of carbonyl (C=O) groups excluding carboxylic acids is 1. The summed E-state index contributed by atoms with van der Waals surface area (Å²) < 4.78 is 1.81. The Morgan fingerprint density at radius 1 is 0.968 bits per heavy atom. The van der Waals surface area contributed by atoms with Crippen molar-refractivity contribution >= 4 is 23.4 Å². The van der Waals surface area contributed by atoms with Crippen LogP contribution in [0.4, 0.5) is 5.69 Å². The highest BCUT2D eigenvalue weighted by Crippen LogP contribution is 2.23. The minimum atomic E-state index is -0.583. The van der Waals surface area contributed by atoms with E-state index in [-0.39, 0.29) is 18.1 Å². The van der Waals surface area contributed by atoms with Crippen LogP contribution < -0.4 is 16.6 Å². The number of amides is 1. The summed E-state index contributed by atoms with van der Waals surface area (Å²) in [6, 6.07) is 19.9. The van der Waals surface area contributed by atoms with Crippen molar-refractivity contribution < 1.29 is 4.79 Å². The normalized spacial score (nSPS) is 10.7. The van der Waals surface area contributed by atoms with Crippen molar-refractivity contribution in [3.8, 4) is 5.69 Å². The third-order valence-electron chi connectivity index (χ3n) is 4.27. The Hall–Kier alpha value is -3.92. The molecule has 0 radical (unpaired) electrons. The lowest BCUT2D eigenvalue weighted by Crippen LogP contribution is -2.23. The van der Waals surface area contributed by atoms with Crippen LogP contribution in [0, 0.1) is 0 Å². The fourth-order valence-electron chi connectivity index (χ4n) is 2.98. The highest BCUT2D eigenvalue weighted by molar-refractivity contribution is 7.99. The molecule has 0 saturated heterocycles. The van der Waals surface area contributed by atoms with Crippen LogP contribution in [0.5, 0.6) is 0 Å². The molecule has 0 unspecified atom stereocenters. The van der Waals surface area contributed by atoms with E-state index in [1.54, 1.807) is 4.57 Å². The number of rotatable bonds is 7. The summed E-state index contributed by atoms with van der Waals surface area (Å²) in [6.07, 6.45) is 0.192. The number of hydrogen-bond donors (Lipinski definition) is 3. The van der Waals surface area contributed by atoms with Gasteiger partial charge in [-0.1, -0.05) is 48.2 Å². The highest BCUT2D eigenvalue weighted by Gasteiger charge is 2.17. The molecule has 3 N–H and O–H groups in total. The predicted molar refractivity (Wildman–Crippen MR) is 118 cm³/mol. The summed E-state index contributed by atoms with van der Waals surface area (Å²) in [5.41, 5.74) is 0.867. The Kier molecular flexibility index (Phi) is 6.08. The molecule has 0 aliphatic rings. The smallest absolute Gasteiger partial charge is 0.325 e. The molecule has 0 fully saturated rings. The summed E-state index contributed by atoms with van der Waals surface area (Å²) in [5.74, 6) is 0.500. The van der Waals surface area contributed by atoms with Crippen LogP contribution in [0.3, 0.4) is 0 Å². The fraction of sp³-hybridized carbons (Fsp3) is 0.0952. The zero-order valence-electron chi connectivity index (χ0n) is 16.2. The summed E-state index contributed by atoms with van der Waals surface area (Å²) >= 11 is 1.24. The van der Waals surface area contributed by atoms with Crippen LogP contribution in [-0.4, -0.2) is 36.4 Å². The van der Waals surface area contributed by atoms with Crippen LogP contribution >= 0.6 is 11.8 Å². The van der Waals surface area contributed by atoms with E-state index < -0.39 is 11.2 Å². The van der Waals surface area contributed by atoms with Gasteiger partial charge in [0.15, 0.2) is 5.16 Å². The molecule has 156 valence electrons. The first kappa shape index (κ1) is 20.4. The minimum Gasteiger partial charge on any atom is -0.325 e. The first-order valence-corrected chi connectivity index (χ1v) is 10.4. The lowest BCUT2D eigenvalue weighted by molar-refractivity contribution is -0.113. The van der Waals surface area contributed by atoms with Crippen molar-refractivity contribution in [1.82, 2.24) is 24.7 Å². The summed E-state index contributed by atoms with van der Waals surface area (Å²) in [4.78, 5) is 40.3. The lowest BCUT2D eigenvalue weighted by Gasteiger charge is -2.10. The largest absolute Gasteiger partial charge is 0.325 e. The first-order chi connectivity index (χ1) is 15.1. The predicted octanol–water partition coefficient (Wildman–Crippen LogP) is 1.97. The number of benzene rings is 2. The van der Waals surface area contributed by atoms with Gasteiger partial charge < -0.3 is 10.3 Å². The Balaban J connectivity index is 1.58. The van der Waals surface area contributed by atoms with Gasteiger partial charge in [0.05, 0.1) is 5.75 Å². The second-order valence-corrected chi connectivity index (χ2v) is 7.50. The standard InChI is InChI=1S/C21H18N6O3S/c28-18-12-15(23-20(30)24-18)11-17-25-26-21(27(17)16-9-5-2-6-10-16)31-13-19(29)22-14-7-3-1-4-8-14/h1-10,12H,11,13H2,(H,22,29)(H2,23,24,28,30). The molecule has 0 spiro atoms. The van der Waals surface area contributed by atoms with Gasteiger partial charge in [0.2, 0.25) is 5.91 Å². The minimum absolute atomic E-state index is 0.141. The van der Waals surface area contributed by atoms with Crippen molar-refractivity contribution in [1.29, 1.82) is 0 Å². The van der Waals surface area contributed by atoms with Gasteiger partial charge in [-0.15, -0.1) is 10.2 Å². The molecule has 0 aliphatic carbocycles. The second kappa shape index (κ2) is 9.26.